The Morgan fingerprint density at radius 1 is 0.804 bits per heavy atom. The molecular weight excluding hydrogens is 553 g/mol. The summed E-state index contributed by atoms with van der Waals surface area (Å²) in [6.45, 7) is 11.1. The van der Waals surface area contributed by atoms with Gasteiger partial charge in [-0.05, 0) is 119 Å². The van der Waals surface area contributed by atoms with Gasteiger partial charge in [0, 0.05) is 11.5 Å². The molecule has 0 N–H and O–H groups in total. The SMILES string of the molecule is C#Cc1ccc(CC2CCC(C(C(=C)CCc3ccccc3)c3ccc(C4=CC(C)C(=C)C=C4)cc3)CC2)cc1-c1ccccc1. The smallest absolute Gasteiger partial charge is 0.0321 e. The molecule has 0 aromatic heterocycles. The molecule has 0 radical (unpaired) electrons. The monoisotopic (exact) mass is 598 g/mol. The molecule has 0 nitrogen and oxygen atoms in total. The number of benzene rings is 4. The van der Waals surface area contributed by atoms with Crippen LogP contribution in [0.2, 0.25) is 0 Å². The van der Waals surface area contributed by atoms with Crippen LogP contribution in [0.15, 0.2) is 146 Å². The highest BCUT2D eigenvalue weighted by Gasteiger charge is 2.30. The lowest BCUT2D eigenvalue weighted by atomic mass is 9.69. The van der Waals surface area contributed by atoms with E-state index in [-0.39, 0.29) is 0 Å². The molecular formula is C46H46. The molecule has 0 amide bonds. The van der Waals surface area contributed by atoms with Gasteiger partial charge in [-0.25, -0.2) is 0 Å². The Bertz CT molecular complexity index is 1750. The molecule has 2 aliphatic carbocycles. The molecule has 0 saturated heterocycles. The summed E-state index contributed by atoms with van der Waals surface area (Å²) in [7, 11) is 0. The molecule has 0 heterocycles. The van der Waals surface area contributed by atoms with Crippen LogP contribution < -0.4 is 0 Å². The lowest BCUT2D eigenvalue weighted by Gasteiger charge is -2.36. The Morgan fingerprint density at radius 3 is 2.17 bits per heavy atom. The number of allylic oxidation sites excluding steroid dienone is 6. The molecule has 6 rings (SSSR count). The zero-order chi connectivity index (χ0) is 31.9. The highest BCUT2D eigenvalue weighted by Crippen LogP contribution is 2.44. The summed E-state index contributed by atoms with van der Waals surface area (Å²) >= 11 is 0. The standard InChI is InChI=1S/C46H46/c1-5-39-23-21-38(32-45(39)41-14-10-7-11-15-41)31-37-19-24-42(25-20-37)46(34(3)16-18-36-12-8-6-9-13-36)43-28-26-40(27-29-43)44-22-17-33(2)35(4)30-44/h1,6-15,17,21-23,26-30,32,35,37,42,46H,2-3,16,18-20,24-25,31H2,4H3. The molecule has 1 saturated carbocycles. The van der Waals surface area contributed by atoms with Crippen molar-refractivity contribution >= 4 is 5.57 Å². The van der Waals surface area contributed by atoms with Crippen LogP contribution in [-0.2, 0) is 12.8 Å². The molecule has 230 valence electrons. The Labute approximate surface area is 277 Å². The summed E-state index contributed by atoms with van der Waals surface area (Å²) < 4.78 is 0. The lowest BCUT2D eigenvalue weighted by molar-refractivity contribution is 0.252. The van der Waals surface area contributed by atoms with Gasteiger partial charge in [-0.15, -0.1) is 6.42 Å². The van der Waals surface area contributed by atoms with E-state index in [0.717, 1.165) is 24.8 Å². The summed E-state index contributed by atoms with van der Waals surface area (Å²) in [5.74, 6) is 4.97. The van der Waals surface area contributed by atoms with E-state index in [0.29, 0.717) is 23.7 Å². The van der Waals surface area contributed by atoms with Gasteiger partial charge in [0.05, 0.1) is 0 Å². The predicted molar refractivity (Wildman–Crippen MR) is 197 cm³/mol. The van der Waals surface area contributed by atoms with Gasteiger partial charge in [0.15, 0.2) is 0 Å². The van der Waals surface area contributed by atoms with E-state index in [4.69, 9.17) is 13.0 Å². The van der Waals surface area contributed by atoms with E-state index in [1.807, 2.05) is 0 Å². The number of aryl methyl sites for hydroxylation is 1. The third kappa shape index (κ3) is 7.43. The third-order valence-electron chi connectivity index (χ3n) is 10.3. The molecule has 46 heavy (non-hydrogen) atoms. The first-order valence-electron chi connectivity index (χ1n) is 17.0. The van der Waals surface area contributed by atoms with Gasteiger partial charge in [0.2, 0.25) is 0 Å². The van der Waals surface area contributed by atoms with Gasteiger partial charge in [-0.1, -0.05) is 141 Å². The van der Waals surface area contributed by atoms with Gasteiger partial charge in [0.25, 0.3) is 0 Å². The maximum Gasteiger partial charge on any atom is 0.0321 e. The van der Waals surface area contributed by atoms with Crippen LogP contribution in [0, 0.1) is 30.1 Å². The zero-order valence-corrected chi connectivity index (χ0v) is 27.3. The molecule has 0 heteroatoms. The minimum absolute atomic E-state index is 0.376. The zero-order valence-electron chi connectivity index (χ0n) is 27.3. The quantitative estimate of drug-likeness (QED) is 0.126. The van der Waals surface area contributed by atoms with Crippen molar-refractivity contribution in [1.82, 2.24) is 0 Å². The second kappa shape index (κ2) is 14.7. The fraction of sp³-hybridized carbons (Fsp3) is 0.261. The summed E-state index contributed by atoms with van der Waals surface area (Å²) in [6.07, 6.45) is 20.7. The van der Waals surface area contributed by atoms with E-state index in [2.05, 4.69) is 141 Å². The molecule has 1 fully saturated rings. The van der Waals surface area contributed by atoms with Crippen molar-refractivity contribution in [3.63, 3.8) is 0 Å². The van der Waals surface area contributed by atoms with E-state index in [1.54, 1.807) is 0 Å². The highest BCUT2D eigenvalue weighted by molar-refractivity contribution is 5.77. The molecule has 0 spiro atoms. The van der Waals surface area contributed by atoms with Crippen LogP contribution >= 0.6 is 0 Å². The van der Waals surface area contributed by atoms with Crippen molar-refractivity contribution in [1.29, 1.82) is 0 Å². The lowest BCUT2D eigenvalue weighted by Crippen LogP contribution is -2.23. The Morgan fingerprint density at radius 2 is 1.50 bits per heavy atom. The van der Waals surface area contributed by atoms with Gasteiger partial charge in [-0.2, -0.15) is 0 Å². The van der Waals surface area contributed by atoms with Gasteiger partial charge < -0.3 is 0 Å². The van der Waals surface area contributed by atoms with Crippen LogP contribution in [0.5, 0.6) is 0 Å². The molecule has 4 aromatic rings. The van der Waals surface area contributed by atoms with E-state index in [9.17, 15) is 0 Å². The van der Waals surface area contributed by atoms with Gasteiger partial charge in [-0.3, -0.25) is 0 Å². The second-order valence-corrected chi connectivity index (χ2v) is 13.4. The first kappa shape index (κ1) is 31.4. The molecule has 2 atom stereocenters. The Balaban J connectivity index is 1.17. The topological polar surface area (TPSA) is 0 Å². The van der Waals surface area contributed by atoms with Crippen molar-refractivity contribution in [2.45, 2.75) is 57.8 Å². The highest BCUT2D eigenvalue weighted by atomic mass is 14.3. The molecule has 0 aliphatic heterocycles. The first-order chi connectivity index (χ1) is 22.5. The van der Waals surface area contributed by atoms with Gasteiger partial charge in [0.1, 0.15) is 0 Å². The molecule has 2 aliphatic rings. The Kier molecular flexibility index (Phi) is 10.0. The number of hydrogen-bond donors (Lipinski definition) is 0. The van der Waals surface area contributed by atoms with Crippen LogP contribution in [0.3, 0.4) is 0 Å². The van der Waals surface area contributed by atoms with Gasteiger partial charge >= 0.3 is 0 Å². The number of hydrogen-bond acceptors (Lipinski definition) is 0. The number of rotatable bonds is 10. The number of terminal acetylenes is 1. The summed E-state index contributed by atoms with van der Waals surface area (Å²) in [5.41, 5.74) is 12.7. The van der Waals surface area contributed by atoms with E-state index < -0.39 is 0 Å². The minimum atomic E-state index is 0.376. The maximum atomic E-state index is 5.88. The first-order valence-corrected chi connectivity index (χ1v) is 17.0. The average Bonchev–Trinajstić information content (AvgIpc) is 3.10. The fourth-order valence-electron chi connectivity index (χ4n) is 7.56. The minimum Gasteiger partial charge on any atom is -0.115 e. The maximum absolute atomic E-state index is 5.88. The molecule has 0 bridgehead atoms. The van der Waals surface area contributed by atoms with Crippen molar-refractivity contribution in [3.8, 4) is 23.5 Å². The summed E-state index contributed by atoms with van der Waals surface area (Å²) in [5, 5.41) is 0. The van der Waals surface area contributed by atoms with Crippen LogP contribution in [0.1, 0.15) is 72.8 Å². The molecule has 2 unspecified atom stereocenters. The fourth-order valence-corrected chi connectivity index (χ4v) is 7.56. The summed E-state index contributed by atoms with van der Waals surface area (Å²) in [4.78, 5) is 0. The average molecular weight is 599 g/mol. The van der Waals surface area contributed by atoms with Crippen LogP contribution in [0.4, 0.5) is 0 Å². The van der Waals surface area contributed by atoms with Crippen molar-refractivity contribution in [3.05, 3.63) is 173 Å². The second-order valence-electron chi connectivity index (χ2n) is 13.4. The van der Waals surface area contributed by atoms with E-state index >= 15 is 0 Å². The van der Waals surface area contributed by atoms with Crippen molar-refractivity contribution in [2.24, 2.45) is 17.8 Å². The normalized spacial score (nSPS) is 20.0. The van der Waals surface area contributed by atoms with E-state index in [1.165, 1.54) is 75.8 Å². The third-order valence-corrected chi connectivity index (χ3v) is 10.3. The molecule has 4 aromatic carbocycles. The van der Waals surface area contributed by atoms with Crippen molar-refractivity contribution < 1.29 is 0 Å². The predicted octanol–water partition coefficient (Wildman–Crippen LogP) is 11.8. The van der Waals surface area contributed by atoms with Crippen LogP contribution in [0.25, 0.3) is 16.7 Å². The van der Waals surface area contributed by atoms with Crippen LogP contribution in [-0.4, -0.2) is 0 Å². The summed E-state index contributed by atoms with van der Waals surface area (Å²) in [6, 6.07) is 37.5. The largest absolute Gasteiger partial charge is 0.115 e. The van der Waals surface area contributed by atoms with Crippen molar-refractivity contribution in [2.75, 3.05) is 0 Å². The Hall–Kier alpha value is -4.60.